The third-order valence-corrected chi connectivity index (χ3v) is 4.27. The molecule has 0 bridgehead atoms. The highest BCUT2D eigenvalue weighted by Crippen LogP contribution is 2.25. The summed E-state index contributed by atoms with van der Waals surface area (Å²) in [5.41, 5.74) is 2.45. The van der Waals surface area contributed by atoms with Gasteiger partial charge in [-0.15, -0.1) is 0 Å². The zero-order valence-corrected chi connectivity index (χ0v) is 15.3. The second-order valence-electron chi connectivity index (χ2n) is 4.10. The zero-order valence-electron chi connectivity index (χ0n) is 10.0. The molecule has 1 amide bonds. The van der Waals surface area contributed by atoms with Crippen LogP contribution < -0.4 is 5.32 Å². The number of hydrogen-bond donors (Lipinski definition) is 1. The molecule has 0 radical (unpaired) electrons. The van der Waals surface area contributed by atoms with Gasteiger partial charge in [0.1, 0.15) is 0 Å². The minimum atomic E-state index is -0.119. The molecule has 2 aromatic rings. The van der Waals surface area contributed by atoms with Crippen LogP contribution in [-0.2, 0) is 0 Å². The topological polar surface area (TPSA) is 29.1 Å². The van der Waals surface area contributed by atoms with Crippen LogP contribution in [0.15, 0.2) is 45.3 Å². The number of halogens is 3. The molecular formula is C14H10Br2INO. The molecule has 1 N–H and O–H groups in total. The van der Waals surface area contributed by atoms with Crippen LogP contribution in [0.25, 0.3) is 0 Å². The molecule has 2 nitrogen and oxygen atoms in total. The van der Waals surface area contributed by atoms with Gasteiger partial charge in [-0.25, -0.2) is 0 Å². The maximum absolute atomic E-state index is 12.2. The lowest BCUT2D eigenvalue weighted by Gasteiger charge is -2.09. The third kappa shape index (κ3) is 4.03. The highest BCUT2D eigenvalue weighted by atomic mass is 127. The van der Waals surface area contributed by atoms with Gasteiger partial charge in [-0.2, -0.15) is 0 Å². The van der Waals surface area contributed by atoms with Crippen molar-refractivity contribution in [1.29, 1.82) is 0 Å². The molecule has 0 atom stereocenters. The normalized spacial score (nSPS) is 10.3. The molecule has 19 heavy (non-hydrogen) atoms. The minimum Gasteiger partial charge on any atom is -0.321 e. The number of nitrogens with one attached hydrogen (secondary N) is 1. The maximum atomic E-state index is 12.2. The van der Waals surface area contributed by atoms with Crippen molar-refractivity contribution in [3.8, 4) is 0 Å². The Hall–Kier alpha value is -0.400. The van der Waals surface area contributed by atoms with Crippen molar-refractivity contribution in [3.05, 3.63) is 60.0 Å². The van der Waals surface area contributed by atoms with E-state index >= 15 is 0 Å². The van der Waals surface area contributed by atoms with Crippen LogP contribution in [0, 0.1) is 10.5 Å². The average molecular weight is 495 g/mol. The number of carbonyl (C=O) groups excluding carboxylic acids is 1. The summed E-state index contributed by atoms with van der Waals surface area (Å²) in [5.74, 6) is -0.119. The Morgan fingerprint density at radius 1 is 1.16 bits per heavy atom. The van der Waals surface area contributed by atoms with Crippen LogP contribution in [0.5, 0.6) is 0 Å². The Morgan fingerprint density at radius 2 is 1.89 bits per heavy atom. The first-order valence-electron chi connectivity index (χ1n) is 5.49. The van der Waals surface area contributed by atoms with Crippen LogP contribution in [0.1, 0.15) is 15.9 Å². The Bertz CT molecular complexity index is 623. The first kappa shape index (κ1) is 15.0. The van der Waals surface area contributed by atoms with Crippen LogP contribution >= 0.6 is 54.5 Å². The summed E-state index contributed by atoms with van der Waals surface area (Å²) in [6.45, 7) is 1.96. The Labute approximate surface area is 142 Å². The Morgan fingerprint density at radius 3 is 2.53 bits per heavy atom. The van der Waals surface area contributed by atoms with Crippen LogP contribution in [0.4, 0.5) is 5.69 Å². The summed E-state index contributed by atoms with van der Waals surface area (Å²) in [5, 5.41) is 2.90. The van der Waals surface area contributed by atoms with Crippen molar-refractivity contribution < 1.29 is 4.79 Å². The molecule has 0 spiro atoms. The average Bonchev–Trinajstić information content (AvgIpc) is 2.31. The molecule has 98 valence electrons. The van der Waals surface area contributed by atoms with E-state index in [0.29, 0.717) is 5.56 Å². The Balaban J connectivity index is 2.25. The number of rotatable bonds is 2. The van der Waals surface area contributed by atoms with Gasteiger partial charge in [-0.05, 0) is 87.4 Å². The lowest BCUT2D eigenvalue weighted by atomic mass is 10.1. The molecule has 2 aromatic carbocycles. The molecule has 0 saturated heterocycles. The standard InChI is InChI=1S/C14H10Br2INO/c1-8-4-9(6-10(15)5-8)14(19)18-13-3-2-11(17)7-12(13)16/h2-7H,1H3,(H,18,19). The molecule has 0 unspecified atom stereocenters. The summed E-state index contributed by atoms with van der Waals surface area (Å²) in [7, 11) is 0. The van der Waals surface area contributed by atoms with Gasteiger partial charge in [-0.3, -0.25) is 4.79 Å². The van der Waals surface area contributed by atoms with E-state index in [1.54, 1.807) is 0 Å². The van der Waals surface area contributed by atoms with E-state index in [2.05, 4.69) is 59.8 Å². The fourth-order valence-corrected chi connectivity index (χ4v) is 3.66. The van der Waals surface area contributed by atoms with Crippen molar-refractivity contribution in [2.24, 2.45) is 0 Å². The number of carbonyl (C=O) groups is 1. The van der Waals surface area contributed by atoms with Crippen molar-refractivity contribution >= 4 is 66.0 Å². The van der Waals surface area contributed by atoms with E-state index in [4.69, 9.17) is 0 Å². The van der Waals surface area contributed by atoms with Crippen molar-refractivity contribution in [2.75, 3.05) is 5.32 Å². The number of aryl methyl sites for hydroxylation is 1. The number of anilines is 1. The molecule has 0 aliphatic heterocycles. The third-order valence-electron chi connectivity index (χ3n) is 2.48. The second kappa shape index (κ2) is 6.37. The lowest BCUT2D eigenvalue weighted by Crippen LogP contribution is -2.12. The monoisotopic (exact) mass is 493 g/mol. The van der Waals surface area contributed by atoms with E-state index in [-0.39, 0.29) is 5.91 Å². The molecule has 0 aromatic heterocycles. The first-order valence-corrected chi connectivity index (χ1v) is 8.16. The molecule has 0 aliphatic rings. The fraction of sp³-hybridized carbons (Fsp3) is 0.0714. The quantitative estimate of drug-likeness (QED) is 0.558. The van der Waals surface area contributed by atoms with Crippen molar-refractivity contribution in [1.82, 2.24) is 0 Å². The molecule has 2 rings (SSSR count). The summed E-state index contributed by atoms with van der Waals surface area (Å²) >= 11 is 9.08. The highest BCUT2D eigenvalue weighted by Gasteiger charge is 2.09. The van der Waals surface area contributed by atoms with Gasteiger partial charge < -0.3 is 5.32 Å². The lowest BCUT2D eigenvalue weighted by molar-refractivity contribution is 0.102. The predicted octanol–water partition coefficient (Wildman–Crippen LogP) is 5.38. The van der Waals surface area contributed by atoms with Crippen molar-refractivity contribution in [3.63, 3.8) is 0 Å². The largest absolute Gasteiger partial charge is 0.321 e. The van der Waals surface area contributed by atoms with Gasteiger partial charge in [0.15, 0.2) is 0 Å². The Kier molecular flexibility index (Phi) is 5.03. The van der Waals surface area contributed by atoms with Gasteiger partial charge in [-0.1, -0.05) is 15.9 Å². The number of hydrogen-bond acceptors (Lipinski definition) is 1. The summed E-state index contributed by atoms with van der Waals surface area (Å²) < 4.78 is 2.89. The second-order valence-corrected chi connectivity index (χ2v) is 7.11. The van der Waals surface area contributed by atoms with E-state index < -0.39 is 0 Å². The van der Waals surface area contributed by atoms with E-state index in [0.717, 1.165) is 23.8 Å². The van der Waals surface area contributed by atoms with Gasteiger partial charge >= 0.3 is 0 Å². The molecular weight excluding hydrogens is 485 g/mol. The maximum Gasteiger partial charge on any atom is 0.255 e. The van der Waals surface area contributed by atoms with Gasteiger partial charge in [0.25, 0.3) is 5.91 Å². The molecule has 0 saturated carbocycles. The predicted molar refractivity (Wildman–Crippen MR) is 93.7 cm³/mol. The summed E-state index contributed by atoms with van der Waals surface area (Å²) in [6.07, 6.45) is 0. The summed E-state index contributed by atoms with van der Waals surface area (Å²) in [6, 6.07) is 11.4. The van der Waals surface area contributed by atoms with Gasteiger partial charge in [0.05, 0.1) is 5.69 Å². The van der Waals surface area contributed by atoms with Gasteiger partial charge in [0, 0.05) is 18.1 Å². The molecule has 5 heteroatoms. The zero-order chi connectivity index (χ0) is 14.0. The first-order chi connectivity index (χ1) is 8.95. The van der Waals surface area contributed by atoms with E-state index in [1.807, 2.05) is 43.3 Å². The van der Waals surface area contributed by atoms with E-state index in [9.17, 15) is 4.79 Å². The number of amides is 1. The molecule has 0 heterocycles. The smallest absolute Gasteiger partial charge is 0.255 e. The number of benzene rings is 2. The van der Waals surface area contributed by atoms with Crippen LogP contribution in [-0.4, -0.2) is 5.91 Å². The molecule has 0 aliphatic carbocycles. The van der Waals surface area contributed by atoms with Crippen LogP contribution in [0.3, 0.4) is 0 Å². The SMILES string of the molecule is Cc1cc(Br)cc(C(=O)Nc2ccc(I)cc2Br)c1. The summed E-state index contributed by atoms with van der Waals surface area (Å²) in [4.78, 5) is 12.2. The highest BCUT2D eigenvalue weighted by molar-refractivity contribution is 14.1. The van der Waals surface area contributed by atoms with Crippen LogP contribution in [0.2, 0.25) is 0 Å². The van der Waals surface area contributed by atoms with E-state index in [1.165, 1.54) is 0 Å². The van der Waals surface area contributed by atoms with Gasteiger partial charge in [0.2, 0.25) is 0 Å². The molecule has 0 fully saturated rings. The van der Waals surface area contributed by atoms with Crippen molar-refractivity contribution in [2.45, 2.75) is 6.92 Å². The fourth-order valence-electron chi connectivity index (χ4n) is 1.65. The minimum absolute atomic E-state index is 0.119.